The molecule has 1 aliphatic carbocycles. The van der Waals surface area contributed by atoms with Crippen molar-refractivity contribution in [3.8, 4) is 0 Å². The van der Waals surface area contributed by atoms with Gasteiger partial charge in [0.1, 0.15) is 0 Å². The largest absolute Gasteiger partial charge is 0.329 e. The predicted molar refractivity (Wildman–Crippen MR) is 68.0 cm³/mol. The van der Waals surface area contributed by atoms with Crippen molar-refractivity contribution in [3.63, 3.8) is 0 Å². The van der Waals surface area contributed by atoms with E-state index in [2.05, 4.69) is 0 Å². The fourth-order valence-electron chi connectivity index (χ4n) is 2.62. The Labute approximate surface area is 101 Å². The monoisotopic (exact) mass is 237 g/mol. The third-order valence-corrected chi connectivity index (χ3v) is 4.54. The molecule has 2 nitrogen and oxygen atoms in total. The molecule has 2 rings (SSSR count). The van der Waals surface area contributed by atoms with E-state index in [-0.39, 0.29) is 11.2 Å². The van der Waals surface area contributed by atoms with E-state index in [4.69, 9.17) is 5.73 Å². The van der Waals surface area contributed by atoms with Gasteiger partial charge in [0.2, 0.25) is 0 Å². The van der Waals surface area contributed by atoms with Gasteiger partial charge in [-0.1, -0.05) is 19.3 Å². The molecule has 88 valence electrons. The standard InChI is InChI=1S/C13H19NOS/c1-10-7-11(8-16-10)12(15)13(9-14)5-3-2-4-6-13/h7-8H,2-6,9,14H2,1H3. The number of Topliss-reactive ketones (excluding diaryl/α,β-unsaturated/α-hetero) is 1. The number of aryl methyl sites for hydroxylation is 1. The van der Waals surface area contributed by atoms with E-state index in [1.165, 1.54) is 11.3 Å². The SMILES string of the molecule is Cc1cc(C(=O)C2(CN)CCCCC2)cs1. The molecular formula is C13H19NOS. The number of hydrogen-bond acceptors (Lipinski definition) is 3. The summed E-state index contributed by atoms with van der Waals surface area (Å²) in [5, 5.41) is 1.98. The van der Waals surface area contributed by atoms with Crippen molar-refractivity contribution in [1.82, 2.24) is 0 Å². The molecule has 0 bridgehead atoms. The van der Waals surface area contributed by atoms with Gasteiger partial charge in [0.15, 0.2) is 5.78 Å². The lowest BCUT2D eigenvalue weighted by atomic mass is 9.70. The van der Waals surface area contributed by atoms with Crippen molar-refractivity contribution in [1.29, 1.82) is 0 Å². The Morgan fingerprint density at radius 2 is 2.12 bits per heavy atom. The van der Waals surface area contributed by atoms with Crippen LogP contribution in [-0.2, 0) is 0 Å². The van der Waals surface area contributed by atoms with Gasteiger partial charge in [-0.15, -0.1) is 11.3 Å². The Morgan fingerprint density at radius 1 is 1.44 bits per heavy atom. The molecule has 0 atom stereocenters. The third-order valence-electron chi connectivity index (χ3n) is 3.68. The molecule has 1 heterocycles. The maximum atomic E-state index is 12.5. The van der Waals surface area contributed by atoms with Gasteiger partial charge < -0.3 is 5.73 Å². The average Bonchev–Trinajstić information content (AvgIpc) is 2.76. The molecule has 0 saturated heterocycles. The molecule has 1 fully saturated rings. The molecule has 1 aromatic heterocycles. The van der Waals surface area contributed by atoms with Crippen LogP contribution in [0, 0.1) is 12.3 Å². The minimum absolute atomic E-state index is 0.258. The van der Waals surface area contributed by atoms with Gasteiger partial charge in [0, 0.05) is 27.8 Å². The summed E-state index contributed by atoms with van der Waals surface area (Å²) in [4.78, 5) is 13.7. The smallest absolute Gasteiger partial charge is 0.171 e. The van der Waals surface area contributed by atoms with E-state index in [1.54, 1.807) is 11.3 Å². The molecule has 1 saturated carbocycles. The summed E-state index contributed by atoms with van der Waals surface area (Å²) < 4.78 is 0. The van der Waals surface area contributed by atoms with Gasteiger partial charge in [0.05, 0.1) is 0 Å². The molecule has 0 aromatic carbocycles. The van der Waals surface area contributed by atoms with Crippen LogP contribution in [0.1, 0.15) is 47.3 Å². The first kappa shape index (κ1) is 11.8. The number of carbonyl (C=O) groups is 1. The number of rotatable bonds is 3. The first-order valence-corrected chi connectivity index (χ1v) is 6.86. The van der Waals surface area contributed by atoms with E-state index < -0.39 is 0 Å². The summed E-state index contributed by atoms with van der Waals surface area (Å²) >= 11 is 1.64. The lowest BCUT2D eigenvalue weighted by Gasteiger charge is -2.34. The van der Waals surface area contributed by atoms with Crippen molar-refractivity contribution in [2.24, 2.45) is 11.1 Å². The highest BCUT2D eigenvalue weighted by Crippen LogP contribution is 2.38. The Morgan fingerprint density at radius 3 is 2.62 bits per heavy atom. The molecule has 0 spiro atoms. The van der Waals surface area contributed by atoms with Crippen LogP contribution < -0.4 is 5.73 Å². The maximum absolute atomic E-state index is 12.5. The number of hydrogen-bond donors (Lipinski definition) is 1. The summed E-state index contributed by atoms with van der Waals surface area (Å²) in [6.07, 6.45) is 5.48. The summed E-state index contributed by atoms with van der Waals surface area (Å²) in [5.74, 6) is 0.277. The van der Waals surface area contributed by atoms with Crippen LogP contribution in [0.5, 0.6) is 0 Å². The molecular weight excluding hydrogens is 218 g/mol. The van der Waals surface area contributed by atoms with E-state index in [1.807, 2.05) is 18.4 Å². The number of thiophene rings is 1. The van der Waals surface area contributed by atoms with Crippen molar-refractivity contribution < 1.29 is 4.79 Å². The topological polar surface area (TPSA) is 43.1 Å². The second kappa shape index (κ2) is 4.68. The highest BCUT2D eigenvalue weighted by molar-refractivity contribution is 7.10. The Kier molecular flexibility index (Phi) is 3.45. The van der Waals surface area contributed by atoms with E-state index in [0.29, 0.717) is 6.54 Å². The van der Waals surface area contributed by atoms with Gasteiger partial charge in [0.25, 0.3) is 0 Å². The molecule has 1 aliphatic rings. The lowest BCUT2D eigenvalue weighted by Crippen LogP contribution is -2.40. The van der Waals surface area contributed by atoms with Crippen LogP contribution >= 0.6 is 11.3 Å². The molecule has 0 aliphatic heterocycles. The zero-order valence-electron chi connectivity index (χ0n) is 9.79. The van der Waals surface area contributed by atoms with Crippen molar-refractivity contribution in [3.05, 3.63) is 21.9 Å². The third kappa shape index (κ3) is 2.06. The van der Waals surface area contributed by atoms with Gasteiger partial charge in [-0.05, 0) is 25.8 Å². The summed E-state index contributed by atoms with van der Waals surface area (Å²) in [6.45, 7) is 2.54. The van der Waals surface area contributed by atoms with E-state index >= 15 is 0 Å². The predicted octanol–water partition coefficient (Wildman–Crippen LogP) is 3.15. The minimum Gasteiger partial charge on any atom is -0.329 e. The van der Waals surface area contributed by atoms with Crippen LogP contribution in [0.15, 0.2) is 11.4 Å². The van der Waals surface area contributed by atoms with Crippen LogP contribution in [0.3, 0.4) is 0 Å². The maximum Gasteiger partial charge on any atom is 0.171 e. The zero-order chi connectivity index (χ0) is 11.6. The lowest BCUT2D eigenvalue weighted by molar-refractivity contribution is 0.0730. The Balaban J connectivity index is 2.24. The molecule has 0 radical (unpaired) electrons. The summed E-state index contributed by atoms with van der Waals surface area (Å²) in [6, 6.07) is 2.00. The molecule has 0 unspecified atom stereocenters. The Hall–Kier alpha value is -0.670. The average molecular weight is 237 g/mol. The second-order valence-corrected chi connectivity index (χ2v) is 5.94. The molecule has 16 heavy (non-hydrogen) atoms. The van der Waals surface area contributed by atoms with Gasteiger partial charge in [-0.3, -0.25) is 4.79 Å². The number of carbonyl (C=O) groups excluding carboxylic acids is 1. The van der Waals surface area contributed by atoms with Gasteiger partial charge in [-0.2, -0.15) is 0 Å². The number of nitrogens with two attached hydrogens (primary N) is 1. The molecule has 3 heteroatoms. The zero-order valence-corrected chi connectivity index (χ0v) is 10.6. The first-order chi connectivity index (χ1) is 7.68. The van der Waals surface area contributed by atoms with Gasteiger partial charge >= 0.3 is 0 Å². The van der Waals surface area contributed by atoms with Crippen LogP contribution in [0.2, 0.25) is 0 Å². The highest BCUT2D eigenvalue weighted by Gasteiger charge is 2.38. The minimum atomic E-state index is -0.258. The normalized spacial score (nSPS) is 19.6. The van der Waals surface area contributed by atoms with Crippen LogP contribution in [-0.4, -0.2) is 12.3 Å². The van der Waals surface area contributed by atoms with Crippen molar-refractivity contribution in [2.45, 2.75) is 39.0 Å². The highest BCUT2D eigenvalue weighted by atomic mass is 32.1. The molecule has 0 amide bonds. The van der Waals surface area contributed by atoms with Crippen molar-refractivity contribution in [2.75, 3.05) is 6.54 Å². The Bertz CT molecular complexity index is 377. The molecule has 2 N–H and O–H groups in total. The van der Waals surface area contributed by atoms with Crippen molar-refractivity contribution >= 4 is 17.1 Å². The number of ketones is 1. The van der Waals surface area contributed by atoms with Gasteiger partial charge in [-0.25, -0.2) is 0 Å². The van der Waals surface area contributed by atoms with E-state index in [0.717, 1.165) is 31.2 Å². The quantitative estimate of drug-likeness (QED) is 0.821. The fraction of sp³-hybridized carbons (Fsp3) is 0.615. The van der Waals surface area contributed by atoms with Crippen LogP contribution in [0.4, 0.5) is 0 Å². The van der Waals surface area contributed by atoms with E-state index in [9.17, 15) is 4.79 Å². The fourth-order valence-corrected chi connectivity index (χ4v) is 3.30. The second-order valence-electron chi connectivity index (χ2n) is 4.82. The van der Waals surface area contributed by atoms with Crippen LogP contribution in [0.25, 0.3) is 0 Å². The summed E-state index contributed by atoms with van der Waals surface area (Å²) in [5.41, 5.74) is 6.48. The molecule has 1 aromatic rings. The first-order valence-electron chi connectivity index (χ1n) is 5.98. The summed E-state index contributed by atoms with van der Waals surface area (Å²) in [7, 11) is 0.